The molecule has 0 aromatic carbocycles. The molecule has 4 heteroatoms. The van der Waals surface area contributed by atoms with Gasteiger partial charge in [-0.25, -0.2) is 5.90 Å². The molecule has 13 heavy (non-hydrogen) atoms. The summed E-state index contributed by atoms with van der Waals surface area (Å²) in [6, 6.07) is 0. The predicted octanol–water partition coefficient (Wildman–Crippen LogP) is 1.46. The van der Waals surface area contributed by atoms with Gasteiger partial charge >= 0.3 is 0 Å². The number of rotatable bonds is 3. The van der Waals surface area contributed by atoms with E-state index in [-0.39, 0.29) is 5.41 Å². The fourth-order valence-corrected chi connectivity index (χ4v) is 1.73. The van der Waals surface area contributed by atoms with E-state index in [2.05, 4.69) is 9.99 Å². The van der Waals surface area contributed by atoms with E-state index in [0.29, 0.717) is 6.61 Å². The van der Waals surface area contributed by atoms with Crippen molar-refractivity contribution in [3.8, 4) is 0 Å². The van der Waals surface area contributed by atoms with Crippen molar-refractivity contribution in [2.45, 2.75) is 33.1 Å². The first-order valence-corrected chi connectivity index (χ1v) is 4.24. The van der Waals surface area contributed by atoms with E-state index in [0.717, 1.165) is 17.0 Å². The number of aromatic nitrogens is 1. The van der Waals surface area contributed by atoms with Crippen molar-refractivity contribution in [2.24, 2.45) is 5.90 Å². The molecular formula is C9H16N2O2. The molecule has 0 atom stereocenters. The van der Waals surface area contributed by atoms with E-state index in [4.69, 9.17) is 10.4 Å². The highest BCUT2D eigenvalue weighted by Crippen LogP contribution is 2.28. The average molecular weight is 184 g/mol. The normalized spacial score (nSPS) is 12.1. The molecule has 1 aromatic rings. The van der Waals surface area contributed by atoms with Crippen LogP contribution >= 0.6 is 0 Å². The summed E-state index contributed by atoms with van der Waals surface area (Å²) in [6.07, 6.45) is 0. The highest BCUT2D eigenvalue weighted by atomic mass is 16.6. The van der Waals surface area contributed by atoms with Gasteiger partial charge in [0.05, 0.1) is 12.3 Å². The van der Waals surface area contributed by atoms with Crippen LogP contribution in [0.15, 0.2) is 4.52 Å². The summed E-state index contributed by atoms with van der Waals surface area (Å²) in [5.74, 6) is 5.90. The van der Waals surface area contributed by atoms with Crippen LogP contribution in [0.2, 0.25) is 0 Å². The molecule has 0 spiro atoms. The molecule has 2 N–H and O–H groups in total. The third kappa shape index (κ3) is 1.89. The topological polar surface area (TPSA) is 61.3 Å². The minimum absolute atomic E-state index is 0.150. The van der Waals surface area contributed by atoms with Gasteiger partial charge in [0.25, 0.3) is 0 Å². The standard InChI is InChI=1S/C9H16N2O2/c1-6-8(7(2)13-11-6)9(3,4)5-12-10/h5,10H2,1-4H3. The maximum atomic E-state index is 5.08. The smallest absolute Gasteiger partial charge is 0.137 e. The lowest BCUT2D eigenvalue weighted by Gasteiger charge is -2.22. The van der Waals surface area contributed by atoms with E-state index in [1.54, 1.807) is 0 Å². The van der Waals surface area contributed by atoms with Crippen molar-refractivity contribution >= 4 is 0 Å². The Morgan fingerprint density at radius 2 is 2.08 bits per heavy atom. The van der Waals surface area contributed by atoms with E-state index in [9.17, 15) is 0 Å². The Bertz CT molecular complexity index is 272. The van der Waals surface area contributed by atoms with Crippen molar-refractivity contribution in [1.82, 2.24) is 5.16 Å². The lowest BCUT2D eigenvalue weighted by atomic mass is 9.84. The van der Waals surface area contributed by atoms with Gasteiger partial charge in [-0.1, -0.05) is 19.0 Å². The molecular weight excluding hydrogens is 168 g/mol. The van der Waals surface area contributed by atoms with Gasteiger partial charge in [-0.2, -0.15) is 0 Å². The predicted molar refractivity (Wildman–Crippen MR) is 49.1 cm³/mol. The van der Waals surface area contributed by atoms with Crippen LogP contribution in [0.25, 0.3) is 0 Å². The summed E-state index contributed by atoms with van der Waals surface area (Å²) < 4.78 is 5.08. The monoisotopic (exact) mass is 184 g/mol. The van der Waals surface area contributed by atoms with Crippen LogP contribution in [0.1, 0.15) is 30.9 Å². The van der Waals surface area contributed by atoms with E-state index < -0.39 is 0 Å². The van der Waals surface area contributed by atoms with Crippen LogP contribution < -0.4 is 5.90 Å². The van der Waals surface area contributed by atoms with Crippen molar-refractivity contribution in [1.29, 1.82) is 0 Å². The van der Waals surface area contributed by atoms with Gasteiger partial charge in [-0.3, -0.25) is 0 Å². The highest BCUT2D eigenvalue weighted by Gasteiger charge is 2.28. The summed E-state index contributed by atoms with van der Waals surface area (Å²) in [6.45, 7) is 8.37. The van der Waals surface area contributed by atoms with Crippen LogP contribution in [0, 0.1) is 13.8 Å². The lowest BCUT2D eigenvalue weighted by Crippen LogP contribution is -2.27. The number of hydrogen-bond donors (Lipinski definition) is 1. The van der Waals surface area contributed by atoms with Crippen molar-refractivity contribution < 1.29 is 9.36 Å². The second kappa shape index (κ2) is 3.47. The molecule has 0 saturated heterocycles. The Labute approximate surface area is 78.0 Å². The van der Waals surface area contributed by atoms with Crippen LogP contribution in [-0.2, 0) is 10.3 Å². The van der Waals surface area contributed by atoms with Crippen molar-refractivity contribution in [3.63, 3.8) is 0 Å². The van der Waals surface area contributed by atoms with E-state index in [1.807, 2.05) is 27.7 Å². The summed E-state index contributed by atoms with van der Waals surface area (Å²) in [5.41, 5.74) is 1.83. The number of aryl methyl sites for hydroxylation is 2. The molecule has 1 heterocycles. The zero-order valence-corrected chi connectivity index (χ0v) is 8.55. The van der Waals surface area contributed by atoms with Crippen molar-refractivity contribution in [2.75, 3.05) is 6.61 Å². The minimum atomic E-state index is -0.150. The zero-order valence-electron chi connectivity index (χ0n) is 8.55. The molecule has 74 valence electrons. The van der Waals surface area contributed by atoms with Crippen LogP contribution in [0.5, 0.6) is 0 Å². The molecule has 0 aliphatic carbocycles. The van der Waals surface area contributed by atoms with Gasteiger partial charge in [0.15, 0.2) is 0 Å². The third-order valence-electron chi connectivity index (χ3n) is 2.15. The van der Waals surface area contributed by atoms with Crippen LogP contribution in [0.4, 0.5) is 0 Å². The second-order valence-electron chi connectivity index (χ2n) is 3.89. The minimum Gasteiger partial charge on any atom is -0.361 e. The first-order chi connectivity index (χ1) is 5.99. The van der Waals surface area contributed by atoms with Gasteiger partial charge < -0.3 is 9.36 Å². The average Bonchev–Trinajstić information content (AvgIpc) is 2.31. The fraction of sp³-hybridized carbons (Fsp3) is 0.667. The van der Waals surface area contributed by atoms with Crippen LogP contribution in [0.3, 0.4) is 0 Å². The van der Waals surface area contributed by atoms with Gasteiger partial charge in [-0.15, -0.1) is 0 Å². The number of nitrogens with zero attached hydrogens (tertiary/aromatic N) is 1. The van der Waals surface area contributed by atoms with Crippen LogP contribution in [-0.4, -0.2) is 11.8 Å². The second-order valence-corrected chi connectivity index (χ2v) is 3.89. The maximum absolute atomic E-state index is 5.08. The Balaban J connectivity index is 3.05. The van der Waals surface area contributed by atoms with Gasteiger partial charge in [0.2, 0.25) is 0 Å². The van der Waals surface area contributed by atoms with Gasteiger partial charge in [0, 0.05) is 11.0 Å². The Hall–Kier alpha value is -0.870. The zero-order chi connectivity index (χ0) is 10.1. The third-order valence-corrected chi connectivity index (χ3v) is 2.15. The quantitative estimate of drug-likeness (QED) is 0.722. The van der Waals surface area contributed by atoms with E-state index in [1.165, 1.54) is 0 Å². The molecule has 0 radical (unpaired) electrons. The Kier molecular flexibility index (Phi) is 2.73. The molecule has 0 aliphatic rings. The van der Waals surface area contributed by atoms with E-state index >= 15 is 0 Å². The molecule has 0 unspecified atom stereocenters. The molecule has 0 fully saturated rings. The molecule has 0 amide bonds. The van der Waals surface area contributed by atoms with Gasteiger partial charge in [-0.05, 0) is 13.8 Å². The molecule has 1 aromatic heterocycles. The van der Waals surface area contributed by atoms with Gasteiger partial charge in [0.1, 0.15) is 5.76 Å². The largest absolute Gasteiger partial charge is 0.361 e. The Morgan fingerprint density at radius 3 is 2.46 bits per heavy atom. The maximum Gasteiger partial charge on any atom is 0.137 e. The summed E-state index contributed by atoms with van der Waals surface area (Å²) in [7, 11) is 0. The number of nitrogens with two attached hydrogens (primary N) is 1. The Morgan fingerprint density at radius 1 is 1.46 bits per heavy atom. The first-order valence-electron chi connectivity index (χ1n) is 4.24. The summed E-state index contributed by atoms with van der Waals surface area (Å²) in [5, 5.41) is 3.89. The number of hydrogen-bond acceptors (Lipinski definition) is 4. The summed E-state index contributed by atoms with van der Waals surface area (Å²) in [4.78, 5) is 4.67. The molecule has 4 nitrogen and oxygen atoms in total. The molecule has 0 aliphatic heterocycles. The molecule has 0 saturated carbocycles. The molecule has 0 bridgehead atoms. The summed E-state index contributed by atoms with van der Waals surface area (Å²) >= 11 is 0. The fourth-order valence-electron chi connectivity index (χ4n) is 1.73. The SMILES string of the molecule is Cc1noc(C)c1C(C)(C)CON. The first kappa shape index (κ1) is 10.2. The highest BCUT2D eigenvalue weighted by molar-refractivity contribution is 5.29. The lowest BCUT2D eigenvalue weighted by molar-refractivity contribution is 0.0957. The van der Waals surface area contributed by atoms with Crippen molar-refractivity contribution in [3.05, 3.63) is 17.0 Å². The molecule has 1 rings (SSSR count).